The van der Waals surface area contributed by atoms with E-state index in [0.29, 0.717) is 0 Å². The van der Waals surface area contributed by atoms with E-state index in [9.17, 15) is 0 Å². The first kappa shape index (κ1) is 12.7. The molecule has 0 amide bonds. The molecule has 2 aromatic rings. The maximum atomic E-state index is 5.50. The third-order valence-corrected chi connectivity index (χ3v) is 2.75. The molecule has 0 saturated carbocycles. The minimum atomic E-state index is 0. The molecular formula is C15H14ClNO. The summed E-state index contributed by atoms with van der Waals surface area (Å²) in [5.74, 6) is 0. The predicted molar refractivity (Wildman–Crippen MR) is 78.5 cm³/mol. The zero-order valence-electron chi connectivity index (χ0n) is 10.3. The van der Waals surface area contributed by atoms with Crippen molar-refractivity contribution in [2.75, 3.05) is 0 Å². The fraction of sp³-hybridized carbons (Fsp3) is 0.133. The first-order valence-electron chi connectivity index (χ1n) is 5.65. The Morgan fingerprint density at radius 3 is 2.83 bits per heavy atom. The Bertz CT molecular complexity index is 673. The standard InChI is InChI=1S/C15H13NO.ClH/c1-10(2)6-13-7-11-4-3-5-14-15(11)12(8-16-13)9-17-14;/h3-9H,1-2H3;1H. The minimum absolute atomic E-state index is 0. The van der Waals surface area contributed by atoms with E-state index in [1.807, 2.05) is 18.3 Å². The van der Waals surface area contributed by atoms with Crippen LogP contribution in [0.1, 0.15) is 25.0 Å². The first-order valence-corrected chi connectivity index (χ1v) is 5.65. The fourth-order valence-electron chi connectivity index (χ4n) is 2.07. The largest absolute Gasteiger partial charge is 0.464 e. The summed E-state index contributed by atoms with van der Waals surface area (Å²) < 4.78 is 5.50. The van der Waals surface area contributed by atoms with E-state index in [1.165, 1.54) is 5.57 Å². The molecule has 0 atom stereocenters. The van der Waals surface area contributed by atoms with E-state index in [1.54, 1.807) is 6.26 Å². The van der Waals surface area contributed by atoms with E-state index in [0.717, 1.165) is 27.8 Å². The summed E-state index contributed by atoms with van der Waals surface area (Å²) in [4.78, 5) is 4.48. The van der Waals surface area contributed by atoms with Gasteiger partial charge in [0, 0.05) is 17.2 Å². The number of allylic oxidation sites excluding steroid dienone is 2. The molecule has 1 aromatic heterocycles. The van der Waals surface area contributed by atoms with Gasteiger partial charge in [-0.2, -0.15) is 0 Å². The molecule has 1 aliphatic rings. The molecule has 0 saturated heterocycles. The monoisotopic (exact) mass is 259 g/mol. The Kier molecular flexibility index (Phi) is 3.39. The number of nitrogens with zero attached hydrogens (tertiary/aromatic N) is 1. The highest BCUT2D eigenvalue weighted by atomic mass is 35.5. The predicted octanol–water partition coefficient (Wildman–Crippen LogP) is 4.59. The lowest BCUT2D eigenvalue weighted by Crippen LogP contribution is -1.77. The van der Waals surface area contributed by atoms with Gasteiger partial charge in [0.15, 0.2) is 0 Å². The van der Waals surface area contributed by atoms with Crippen LogP contribution in [0.4, 0.5) is 0 Å². The molecule has 1 aromatic carbocycles. The Morgan fingerprint density at radius 1 is 1.22 bits per heavy atom. The zero-order valence-corrected chi connectivity index (χ0v) is 11.1. The number of benzene rings is 1. The van der Waals surface area contributed by atoms with Crippen molar-refractivity contribution in [1.29, 1.82) is 0 Å². The summed E-state index contributed by atoms with van der Waals surface area (Å²) in [6.07, 6.45) is 7.81. The first-order chi connectivity index (χ1) is 8.24. The van der Waals surface area contributed by atoms with Gasteiger partial charge in [0.2, 0.25) is 0 Å². The molecule has 3 rings (SSSR count). The number of furan rings is 1. The van der Waals surface area contributed by atoms with Gasteiger partial charge in [-0.15, -0.1) is 12.4 Å². The van der Waals surface area contributed by atoms with E-state index in [4.69, 9.17) is 4.42 Å². The van der Waals surface area contributed by atoms with Gasteiger partial charge in [-0.05, 0) is 37.6 Å². The summed E-state index contributed by atoms with van der Waals surface area (Å²) in [7, 11) is 0. The van der Waals surface area contributed by atoms with Crippen molar-refractivity contribution >= 4 is 35.7 Å². The van der Waals surface area contributed by atoms with Gasteiger partial charge in [-0.25, -0.2) is 0 Å². The van der Waals surface area contributed by atoms with Crippen molar-refractivity contribution in [2.24, 2.45) is 4.99 Å². The Hall–Kier alpha value is -1.80. The summed E-state index contributed by atoms with van der Waals surface area (Å²) in [5, 5.41) is 1.15. The van der Waals surface area contributed by atoms with Crippen molar-refractivity contribution in [3.8, 4) is 0 Å². The van der Waals surface area contributed by atoms with Gasteiger partial charge < -0.3 is 4.42 Å². The highest BCUT2D eigenvalue weighted by Gasteiger charge is 2.10. The van der Waals surface area contributed by atoms with Gasteiger partial charge in [-0.3, -0.25) is 4.99 Å². The number of rotatable bonds is 1. The number of hydrogen-bond donors (Lipinski definition) is 0. The average Bonchev–Trinajstić information content (AvgIpc) is 2.61. The number of hydrogen-bond acceptors (Lipinski definition) is 2. The molecule has 92 valence electrons. The summed E-state index contributed by atoms with van der Waals surface area (Å²) in [6.45, 7) is 4.15. The van der Waals surface area contributed by atoms with Crippen molar-refractivity contribution in [2.45, 2.75) is 13.8 Å². The van der Waals surface area contributed by atoms with Gasteiger partial charge in [0.1, 0.15) is 11.8 Å². The second-order valence-electron chi connectivity index (χ2n) is 4.46. The van der Waals surface area contributed by atoms with Crippen LogP contribution < -0.4 is 0 Å². The molecule has 0 fully saturated rings. The number of halogens is 1. The van der Waals surface area contributed by atoms with E-state index < -0.39 is 0 Å². The minimum Gasteiger partial charge on any atom is -0.464 e. The molecule has 0 spiro atoms. The normalized spacial score (nSPS) is 12.7. The van der Waals surface area contributed by atoms with Crippen LogP contribution in [0, 0.1) is 0 Å². The molecule has 3 heteroatoms. The molecule has 1 aliphatic heterocycles. The molecule has 0 N–H and O–H groups in total. The van der Waals surface area contributed by atoms with Crippen molar-refractivity contribution in [1.82, 2.24) is 0 Å². The average molecular weight is 260 g/mol. The quantitative estimate of drug-likeness (QED) is 0.735. The molecule has 0 radical (unpaired) electrons. The lowest BCUT2D eigenvalue weighted by atomic mass is 10.1. The SMILES string of the molecule is CC(C)=CC1=Cc2cccc3occ(c23)C=N1.Cl. The maximum absolute atomic E-state index is 5.50. The highest BCUT2D eigenvalue weighted by molar-refractivity contribution is 6.04. The van der Waals surface area contributed by atoms with Crippen LogP contribution in [0.25, 0.3) is 17.0 Å². The molecule has 2 heterocycles. The van der Waals surface area contributed by atoms with Crippen LogP contribution >= 0.6 is 12.4 Å². The second-order valence-corrected chi connectivity index (χ2v) is 4.46. The van der Waals surface area contributed by atoms with Gasteiger partial charge >= 0.3 is 0 Å². The zero-order chi connectivity index (χ0) is 11.8. The van der Waals surface area contributed by atoms with Crippen LogP contribution in [0.3, 0.4) is 0 Å². The van der Waals surface area contributed by atoms with Crippen LogP contribution in [0.2, 0.25) is 0 Å². The van der Waals surface area contributed by atoms with Crippen LogP contribution in [0.15, 0.2) is 51.2 Å². The molecule has 0 unspecified atom stereocenters. The summed E-state index contributed by atoms with van der Waals surface area (Å²) >= 11 is 0. The van der Waals surface area contributed by atoms with Crippen molar-refractivity contribution in [3.63, 3.8) is 0 Å². The lowest BCUT2D eigenvalue weighted by Gasteiger charge is -1.97. The second kappa shape index (κ2) is 4.83. The van der Waals surface area contributed by atoms with Crippen LogP contribution in [-0.4, -0.2) is 6.21 Å². The number of aliphatic imine (C=N–C) groups is 1. The summed E-state index contributed by atoms with van der Waals surface area (Å²) in [5.41, 5.74) is 5.35. The third-order valence-electron chi connectivity index (χ3n) is 2.75. The van der Waals surface area contributed by atoms with Gasteiger partial charge in [0.25, 0.3) is 0 Å². The molecule has 0 bridgehead atoms. The lowest BCUT2D eigenvalue weighted by molar-refractivity contribution is 0.615. The molecule has 0 aliphatic carbocycles. The topological polar surface area (TPSA) is 25.5 Å². The Balaban J connectivity index is 0.00000120. The smallest absolute Gasteiger partial charge is 0.135 e. The highest BCUT2D eigenvalue weighted by Crippen LogP contribution is 2.28. The Labute approximate surface area is 112 Å². The summed E-state index contributed by atoms with van der Waals surface area (Å²) in [6, 6.07) is 6.08. The van der Waals surface area contributed by atoms with E-state index in [2.05, 4.69) is 37.1 Å². The van der Waals surface area contributed by atoms with Crippen molar-refractivity contribution < 1.29 is 4.42 Å². The molecule has 18 heavy (non-hydrogen) atoms. The van der Waals surface area contributed by atoms with E-state index in [-0.39, 0.29) is 12.4 Å². The molecular weight excluding hydrogens is 246 g/mol. The van der Waals surface area contributed by atoms with Gasteiger partial charge in [0.05, 0.1) is 5.70 Å². The van der Waals surface area contributed by atoms with E-state index >= 15 is 0 Å². The van der Waals surface area contributed by atoms with Gasteiger partial charge in [-0.1, -0.05) is 17.7 Å². The van der Waals surface area contributed by atoms with Crippen LogP contribution in [0.5, 0.6) is 0 Å². The van der Waals surface area contributed by atoms with Crippen molar-refractivity contribution in [3.05, 3.63) is 52.9 Å². The Morgan fingerprint density at radius 2 is 2.06 bits per heavy atom. The van der Waals surface area contributed by atoms with Crippen LogP contribution in [-0.2, 0) is 0 Å². The third kappa shape index (κ3) is 2.12. The fourth-order valence-corrected chi connectivity index (χ4v) is 2.07. The molecule has 2 nitrogen and oxygen atoms in total. The maximum Gasteiger partial charge on any atom is 0.135 e.